The molecule has 1 aromatic carbocycles. The number of ether oxygens (including phenoxy) is 1. The molecule has 2 fully saturated rings. The van der Waals surface area contributed by atoms with Gasteiger partial charge >= 0.3 is 0 Å². The summed E-state index contributed by atoms with van der Waals surface area (Å²) in [4.78, 5) is 14.9. The Morgan fingerprint density at radius 3 is 2.62 bits per heavy atom. The Bertz CT molecular complexity index is 546. The molecular weight excluding hydrogens is 298 g/mol. The summed E-state index contributed by atoms with van der Waals surface area (Å²) in [7, 11) is 0. The summed E-state index contributed by atoms with van der Waals surface area (Å²) in [6.07, 6.45) is 8.14. The molecule has 2 aliphatic heterocycles. The van der Waals surface area contributed by atoms with E-state index in [9.17, 15) is 4.79 Å². The van der Waals surface area contributed by atoms with Gasteiger partial charge in [0.2, 0.25) is 5.91 Å². The van der Waals surface area contributed by atoms with Crippen molar-refractivity contribution in [3.05, 3.63) is 35.9 Å². The van der Waals surface area contributed by atoms with Crippen LogP contribution in [-0.4, -0.2) is 35.1 Å². The first-order valence-electron chi connectivity index (χ1n) is 9.49. The molecule has 0 aromatic heterocycles. The lowest BCUT2D eigenvalue weighted by Crippen LogP contribution is -2.59. The fourth-order valence-corrected chi connectivity index (χ4v) is 4.52. The molecule has 0 N–H and O–H groups in total. The highest BCUT2D eigenvalue weighted by Gasteiger charge is 2.46. The van der Waals surface area contributed by atoms with Gasteiger partial charge in [0.25, 0.3) is 0 Å². The van der Waals surface area contributed by atoms with Gasteiger partial charge in [-0.15, -0.1) is 0 Å². The van der Waals surface area contributed by atoms with Crippen molar-refractivity contribution in [2.24, 2.45) is 0 Å². The summed E-state index contributed by atoms with van der Waals surface area (Å²) in [6, 6.07) is 10.4. The van der Waals surface area contributed by atoms with Crippen LogP contribution in [0.3, 0.4) is 0 Å². The number of carbonyl (C=O) groups excluding carboxylic acids is 1. The van der Waals surface area contributed by atoms with Crippen LogP contribution in [0, 0.1) is 0 Å². The van der Waals surface area contributed by atoms with Crippen molar-refractivity contribution in [2.45, 2.75) is 76.4 Å². The number of benzene rings is 1. The molecule has 2 heterocycles. The van der Waals surface area contributed by atoms with Crippen molar-refractivity contribution in [2.75, 3.05) is 13.2 Å². The van der Waals surface area contributed by atoms with Crippen LogP contribution in [0.5, 0.6) is 0 Å². The standard InChI is InChI=1S/C21H31NO2/c1-20(2)17-21(13-6-7-16-24-21)14-15-22(20)19(23)12-8-11-18-9-4-3-5-10-18/h3-5,9-10H,6-8,11-17H2,1-2H3. The van der Waals surface area contributed by atoms with Crippen molar-refractivity contribution >= 4 is 5.91 Å². The Hall–Kier alpha value is -1.35. The molecule has 2 saturated heterocycles. The Morgan fingerprint density at radius 2 is 1.96 bits per heavy atom. The smallest absolute Gasteiger partial charge is 0.223 e. The third kappa shape index (κ3) is 4.00. The zero-order valence-corrected chi connectivity index (χ0v) is 15.2. The van der Waals surface area contributed by atoms with Gasteiger partial charge in [0.15, 0.2) is 0 Å². The zero-order chi connectivity index (χ0) is 17.0. The van der Waals surface area contributed by atoms with E-state index in [0.717, 1.165) is 45.3 Å². The number of likely N-dealkylation sites (tertiary alicyclic amines) is 1. The van der Waals surface area contributed by atoms with Gasteiger partial charge in [-0.3, -0.25) is 4.79 Å². The van der Waals surface area contributed by atoms with E-state index < -0.39 is 0 Å². The second kappa shape index (κ2) is 7.26. The van der Waals surface area contributed by atoms with Crippen LogP contribution in [0.4, 0.5) is 0 Å². The molecular formula is C21H31NO2. The average Bonchev–Trinajstić information content (AvgIpc) is 2.55. The highest BCUT2D eigenvalue weighted by Crippen LogP contribution is 2.42. The predicted octanol–water partition coefficient (Wildman–Crippen LogP) is 4.35. The summed E-state index contributed by atoms with van der Waals surface area (Å²) in [5, 5.41) is 0. The second-order valence-corrected chi connectivity index (χ2v) is 8.11. The Morgan fingerprint density at radius 1 is 1.17 bits per heavy atom. The van der Waals surface area contributed by atoms with Gasteiger partial charge < -0.3 is 9.64 Å². The fourth-order valence-electron chi connectivity index (χ4n) is 4.52. The molecule has 1 spiro atoms. The van der Waals surface area contributed by atoms with Crippen LogP contribution in [0.15, 0.2) is 30.3 Å². The van der Waals surface area contributed by atoms with Crippen molar-refractivity contribution < 1.29 is 9.53 Å². The summed E-state index contributed by atoms with van der Waals surface area (Å²) >= 11 is 0. The molecule has 1 unspecified atom stereocenters. The van der Waals surface area contributed by atoms with Crippen LogP contribution in [0.2, 0.25) is 0 Å². The third-order valence-corrected chi connectivity index (χ3v) is 5.71. The van der Waals surface area contributed by atoms with Crippen molar-refractivity contribution in [3.8, 4) is 0 Å². The first-order chi connectivity index (χ1) is 11.5. The number of rotatable bonds is 4. The first kappa shape index (κ1) is 17.5. The summed E-state index contributed by atoms with van der Waals surface area (Å²) < 4.78 is 6.17. The molecule has 132 valence electrons. The number of hydrogen-bond donors (Lipinski definition) is 0. The molecule has 2 aliphatic rings. The number of nitrogens with zero attached hydrogens (tertiary/aromatic N) is 1. The molecule has 1 atom stereocenters. The summed E-state index contributed by atoms with van der Waals surface area (Å²) in [5.74, 6) is 0.307. The van der Waals surface area contributed by atoms with Gasteiger partial charge in [0, 0.05) is 25.1 Å². The van der Waals surface area contributed by atoms with Crippen LogP contribution < -0.4 is 0 Å². The lowest BCUT2D eigenvalue weighted by molar-refractivity contribution is -0.161. The topological polar surface area (TPSA) is 29.5 Å². The highest BCUT2D eigenvalue weighted by molar-refractivity contribution is 5.77. The number of amides is 1. The fraction of sp³-hybridized carbons (Fsp3) is 0.667. The van der Waals surface area contributed by atoms with Crippen LogP contribution in [0.25, 0.3) is 0 Å². The molecule has 3 heteroatoms. The van der Waals surface area contributed by atoms with Gasteiger partial charge in [-0.05, 0) is 64.4 Å². The van der Waals surface area contributed by atoms with E-state index in [2.05, 4.69) is 43.0 Å². The van der Waals surface area contributed by atoms with Crippen molar-refractivity contribution in [1.82, 2.24) is 4.90 Å². The lowest BCUT2D eigenvalue weighted by atomic mass is 9.75. The minimum absolute atomic E-state index is 0.0303. The molecule has 24 heavy (non-hydrogen) atoms. The van der Waals surface area contributed by atoms with Gasteiger partial charge in [0.1, 0.15) is 0 Å². The molecule has 3 nitrogen and oxygen atoms in total. The minimum Gasteiger partial charge on any atom is -0.375 e. The Balaban J connectivity index is 1.53. The molecule has 0 bridgehead atoms. The molecule has 1 aromatic rings. The average molecular weight is 329 g/mol. The number of piperidine rings is 1. The van der Waals surface area contributed by atoms with Crippen LogP contribution >= 0.6 is 0 Å². The van der Waals surface area contributed by atoms with Gasteiger partial charge in [0.05, 0.1) is 5.60 Å². The van der Waals surface area contributed by atoms with E-state index in [1.807, 2.05) is 6.07 Å². The Labute approximate surface area is 146 Å². The maximum absolute atomic E-state index is 12.8. The van der Waals surface area contributed by atoms with Gasteiger partial charge in [-0.1, -0.05) is 30.3 Å². The quantitative estimate of drug-likeness (QED) is 0.822. The lowest BCUT2D eigenvalue weighted by Gasteiger charge is -2.52. The number of hydrogen-bond acceptors (Lipinski definition) is 2. The molecule has 1 amide bonds. The SMILES string of the molecule is CC1(C)CC2(CCCCO2)CCN1C(=O)CCCc1ccccc1. The molecule has 3 rings (SSSR count). The van der Waals surface area contributed by atoms with E-state index in [0.29, 0.717) is 12.3 Å². The minimum atomic E-state index is -0.0978. The highest BCUT2D eigenvalue weighted by atomic mass is 16.5. The maximum Gasteiger partial charge on any atom is 0.223 e. The maximum atomic E-state index is 12.8. The summed E-state index contributed by atoms with van der Waals surface area (Å²) in [5.41, 5.74) is 1.25. The predicted molar refractivity (Wildman–Crippen MR) is 96.9 cm³/mol. The van der Waals surface area contributed by atoms with Crippen molar-refractivity contribution in [1.29, 1.82) is 0 Å². The Kier molecular flexibility index (Phi) is 5.29. The molecule has 0 aliphatic carbocycles. The number of carbonyl (C=O) groups is 1. The van der Waals surface area contributed by atoms with E-state index in [1.54, 1.807) is 0 Å². The number of aryl methyl sites for hydroxylation is 1. The van der Waals surface area contributed by atoms with Gasteiger partial charge in [-0.2, -0.15) is 0 Å². The van der Waals surface area contributed by atoms with Crippen molar-refractivity contribution in [3.63, 3.8) is 0 Å². The molecule has 0 saturated carbocycles. The van der Waals surface area contributed by atoms with Crippen LogP contribution in [0.1, 0.15) is 64.4 Å². The summed E-state index contributed by atoms with van der Waals surface area (Å²) in [6.45, 7) is 6.15. The monoisotopic (exact) mass is 329 g/mol. The van der Waals surface area contributed by atoms with E-state index in [4.69, 9.17) is 4.74 Å². The first-order valence-corrected chi connectivity index (χ1v) is 9.49. The van der Waals surface area contributed by atoms with Gasteiger partial charge in [-0.25, -0.2) is 0 Å². The second-order valence-electron chi connectivity index (χ2n) is 8.11. The molecule has 0 radical (unpaired) electrons. The third-order valence-electron chi connectivity index (χ3n) is 5.71. The largest absolute Gasteiger partial charge is 0.375 e. The zero-order valence-electron chi connectivity index (χ0n) is 15.2. The van der Waals surface area contributed by atoms with E-state index >= 15 is 0 Å². The van der Waals surface area contributed by atoms with E-state index in [1.165, 1.54) is 18.4 Å². The van der Waals surface area contributed by atoms with E-state index in [-0.39, 0.29) is 11.1 Å². The van der Waals surface area contributed by atoms with Crippen LogP contribution in [-0.2, 0) is 16.0 Å². The normalized spacial score (nSPS) is 26.5.